The molecule has 0 aliphatic carbocycles. The summed E-state index contributed by atoms with van der Waals surface area (Å²) in [5.41, 5.74) is -0.783. The molecule has 3 aliphatic heterocycles. The molecule has 3 aliphatic rings. The van der Waals surface area contributed by atoms with Gasteiger partial charge in [0.15, 0.2) is 5.78 Å². The Bertz CT molecular complexity index is 902. The normalized spacial score (nSPS) is 29.3. The van der Waals surface area contributed by atoms with Crippen molar-refractivity contribution in [2.45, 2.75) is 32.9 Å². The minimum absolute atomic E-state index is 0.0707. The summed E-state index contributed by atoms with van der Waals surface area (Å²) >= 11 is 0. The van der Waals surface area contributed by atoms with Gasteiger partial charge in [0.05, 0.1) is 23.6 Å². The second-order valence-electron chi connectivity index (χ2n) is 8.09. The zero-order chi connectivity index (χ0) is 19.5. The molecule has 140 valence electrons. The number of nitrogens with zero attached hydrogens (tertiary/aromatic N) is 3. The number of para-hydroxylation sites is 1. The summed E-state index contributed by atoms with van der Waals surface area (Å²) in [5.74, 6) is -3.49. The first-order valence-electron chi connectivity index (χ1n) is 8.89. The molecule has 0 radical (unpaired) electrons. The number of hydrogen-bond donors (Lipinski definition) is 0. The van der Waals surface area contributed by atoms with Crippen LogP contribution in [0.5, 0.6) is 0 Å². The maximum atomic E-state index is 14.3. The van der Waals surface area contributed by atoms with Crippen molar-refractivity contribution in [1.82, 2.24) is 5.01 Å². The summed E-state index contributed by atoms with van der Waals surface area (Å²) in [5, 5.41) is 5.84. The van der Waals surface area contributed by atoms with Gasteiger partial charge in [-0.15, -0.1) is 0 Å². The summed E-state index contributed by atoms with van der Waals surface area (Å²) in [6, 6.07) is 4.33. The molecular formula is C20H20FN3O3. The van der Waals surface area contributed by atoms with Crippen LogP contribution in [0.25, 0.3) is 0 Å². The molecule has 27 heavy (non-hydrogen) atoms. The van der Waals surface area contributed by atoms with E-state index >= 15 is 0 Å². The third-order valence-electron chi connectivity index (χ3n) is 5.39. The number of benzene rings is 1. The molecule has 2 saturated heterocycles. The number of rotatable bonds is 2. The Hall–Kier alpha value is -2.83. The molecule has 3 heterocycles. The SMILES string of the molecule is CC(C)(C)C(=O)[C@H]1[C@H]2C(=O)N(c3ccccc3F)C(=O)[C@H]2[C@@H]2C=CC=NN21. The molecule has 4 rings (SSSR count). The van der Waals surface area contributed by atoms with E-state index in [1.807, 2.05) is 0 Å². The highest BCUT2D eigenvalue weighted by Crippen LogP contribution is 2.47. The number of hydrazone groups is 1. The lowest BCUT2D eigenvalue weighted by molar-refractivity contribution is -0.136. The topological polar surface area (TPSA) is 70.0 Å². The number of imide groups is 1. The van der Waals surface area contributed by atoms with E-state index in [1.54, 1.807) is 50.2 Å². The Morgan fingerprint density at radius 2 is 1.78 bits per heavy atom. The lowest BCUT2D eigenvalue weighted by atomic mass is 9.80. The Labute approximate surface area is 156 Å². The Kier molecular flexibility index (Phi) is 3.80. The number of hydrogen-bond acceptors (Lipinski definition) is 5. The van der Waals surface area contributed by atoms with Crippen molar-refractivity contribution in [1.29, 1.82) is 0 Å². The van der Waals surface area contributed by atoms with Gasteiger partial charge < -0.3 is 0 Å². The largest absolute Gasteiger partial charge is 0.297 e. The lowest BCUT2D eigenvalue weighted by Gasteiger charge is -2.33. The zero-order valence-corrected chi connectivity index (χ0v) is 15.3. The monoisotopic (exact) mass is 369 g/mol. The van der Waals surface area contributed by atoms with Crippen LogP contribution in [0.15, 0.2) is 41.5 Å². The smallest absolute Gasteiger partial charge is 0.240 e. The van der Waals surface area contributed by atoms with Crippen LogP contribution in [-0.4, -0.2) is 40.9 Å². The van der Waals surface area contributed by atoms with Crippen molar-refractivity contribution >= 4 is 29.5 Å². The molecular weight excluding hydrogens is 349 g/mol. The fourth-order valence-electron chi connectivity index (χ4n) is 4.15. The van der Waals surface area contributed by atoms with Gasteiger partial charge in [0, 0.05) is 11.6 Å². The van der Waals surface area contributed by atoms with E-state index in [9.17, 15) is 18.8 Å². The molecule has 6 nitrogen and oxygen atoms in total. The Morgan fingerprint density at radius 3 is 2.44 bits per heavy atom. The predicted molar refractivity (Wildman–Crippen MR) is 97.4 cm³/mol. The third-order valence-corrected chi connectivity index (χ3v) is 5.39. The van der Waals surface area contributed by atoms with Gasteiger partial charge in [-0.05, 0) is 18.2 Å². The number of carbonyl (C=O) groups excluding carboxylic acids is 3. The van der Waals surface area contributed by atoms with Crippen molar-refractivity contribution < 1.29 is 18.8 Å². The van der Waals surface area contributed by atoms with Crippen LogP contribution < -0.4 is 4.90 Å². The average Bonchev–Trinajstić information content (AvgIpc) is 3.08. The number of anilines is 1. The molecule has 0 unspecified atom stereocenters. The van der Waals surface area contributed by atoms with Gasteiger partial charge >= 0.3 is 0 Å². The zero-order valence-electron chi connectivity index (χ0n) is 15.3. The molecule has 2 fully saturated rings. The van der Waals surface area contributed by atoms with E-state index in [1.165, 1.54) is 18.2 Å². The van der Waals surface area contributed by atoms with Gasteiger partial charge in [0.2, 0.25) is 11.8 Å². The summed E-state index contributed by atoms with van der Waals surface area (Å²) in [4.78, 5) is 40.4. The number of amides is 2. The molecule has 7 heteroatoms. The second kappa shape index (κ2) is 5.84. The molecule has 2 amide bonds. The molecule has 4 atom stereocenters. The van der Waals surface area contributed by atoms with Crippen LogP contribution in [-0.2, 0) is 14.4 Å². The van der Waals surface area contributed by atoms with Crippen molar-refractivity contribution in [3.63, 3.8) is 0 Å². The first kappa shape index (κ1) is 17.6. The summed E-state index contributed by atoms with van der Waals surface area (Å²) in [6.07, 6.45) is 5.02. The minimum atomic E-state index is -0.881. The Balaban J connectivity index is 1.82. The highest BCUT2D eigenvalue weighted by Gasteiger charge is 2.65. The van der Waals surface area contributed by atoms with Gasteiger partial charge in [-0.3, -0.25) is 19.4 Å². The van der Waals surface area contributed by atoms with E-state index in [0.717, 1.165) is 4.90 Å². The van der Waals surface area contributed by atoms with Crippen molar-refractivity contribution in [3.05, 3.63) is 42.2 Å². The fraction of sp³-hybridized carbons (Fsp3) is 0.400. The van der Waals surface area contributed by atoms with Crippen molar-refractivity contribution in [2.75, 3.05) is 4.90 Å². The molecule has 1 aromatic carbocycles. The molecule has 0 spiro atoms. The number of halogens is 1. The first-order chi connectivity index (χ1) is 12.7. The minimum Gasteiger partial charge on any atom is -0.297 e. The maximum Gasteiger partial charge on any atom is 0.240 e. The average molecular weight is 369 g/mol. The third kappa shape index (κ3) is 2.44. The van der Waals surface area contributed by atoms with Gasteiger partial charge in [0.1, 0.15) is 11.9 Å². The van der Waals surface area contributed by atoms with E-state index < -0.39 is 47.0 Å². The second-order valence-corrected chi connectivity index (χ2v) is 8.09. The number of fused-ring (bicyclic) bond motifs is 3. The summed E-state index contributed by atoms with van der Waals surface area (Å²) in [7, 11) is 0. The Morgan fingerprint density at radius 1 is 1.11 bits per heavy atom. The molecule has 0 N–H and O–H groups in total. The molecule has 0 saturated carbocycles. The first-order valence-corrected chi connectivity index (χ1v) is 8.89. The van der Waals surface area contributed by atoms with Crippen LogP contribution in [0, 0.1) is 23.1 Å². The number of ketones is 1. The van der Waals surface area contributed by atoms with Gasteiger partial charge in [-0.25, -0.2) is 9.29 Å². The van der Waals surface area contributed by atoms with Crippen LogP contribution >= 0.6 is 0 Å². The highest BCUT2D eigenvalue weighted by molar-refractivity contribution is 6.24. The van der Waals surface area contributed by atoms with E-state index in [-0.39, 0.29) is 11.5 Å². The number of Topliss-reactive ketones (excluding diaryl/α,β-unsaturated/α-hetero) is 1. The van der Waals surface area contributed by atoms with Gasteiger partial charge in [0.25, 0.3) is 0 Å². The molecule has 0 bridgehead atoms. The fourth-order valence-corrected chi connectivity index (χ4v) is 4.15. The van der Waals surface area contributed by atoms with Crippen molar-refractivity contribution in [3.8, 4) is 0 Å². The van der Waals surface area contributed by atoms with Gasteiger partial charge in [-0.2, -0.15) is 5.10 Å². The molecule has 0 aromatic heterocycles. The van der Waals surface area contributed by atoms with E-state index in [4.69, 9.17) is 0 Å². The van der Waals surface area contributed by atoms with Crippen LogP contribution in [0.4, 0.5) is 10.1 Å². The van der Waals surface area contributed by atoms with Crippen LogP contribution in [0.2, 0.25) is 0 Å². The van der Waals surface area contributed by atoms with E-state index in [0.29, 0.717) is 0 Å². The standard InChI is InChI=1S/C20H20FN3O3/c1-20(2,3)17(25)16-15-14(13-9-6-10-22-24(13)16)18(26)23(19(15)27)12-8-5-4-7-11(12)21/h4-10,13-16H,1-3H3/t13-,14-,15-,16+/m0/s1. The summed E-state index contributed by atoms with van der Waals surface area (Å²) < 4.78 is 14.3. The van der Waals surface area contributed by atoms with Crippen LogP contribution in [0.3, 0.4) is 0 Å². The van der Waals surface area contributed by atoms with Crippen LogP contribution in [0.1, 0.15) is 20.8 Å². The number of allylic oxidation sites excluding steroid dienone is 1. The summed E-state index contributed by atoms with van der Waals surface area (Å²) in [6.45, 7) is 5.32. The predicted octanol–water partition coefficient (Wildman–Crippen LogP) is 2.15. The maximum absolute atomic E-state index is 14.3. The van der Waals surface area contributed by atoms with E-state index in [2.05, 4.69) is 5.10 Å². The number of carbonyl (C=O) groups is 3. The quantitative estimate of drug-likeness (QED) is 0.749. The van der Waals surface area contributed by atoms with Crippen molar-refractivity contribution in [2.24, 2.45) is 22.4 Å². The highest BCUT2D eigenvalue weighted by atomic mass is 19.1. The lowest BCUT2D eigenvalue weighted by Crippen LogP contribution is -2.49. The molecule has 1 aromatic rings. The van der Waals surface area contributed by atoms with Gasteiger partial charge in [-0.1, -0.05) is 39.0 Å².